The van der Waals surface area contributed by atoms with E-state index >= 15 is 0 Å². The predicted octanol–water partition coefficient (Wildman–Crippen LogP) is 2.63. The summed E-state index contributed by atoms with van der Waals surface area (Å²) in [6, 6.07) is 6.29. The summed E-state index contributed by atoms with van der Waals surface area (Å²) in [6.07, 6.45) is 5.98. The van der Waals surface area contributed by atoms with E-state index in [0.717, 1.165) is 24.3 Å². The Morgan fingerprint density at radius 1 is 1.18 bits per heavy atom. The van der Waals surface area contributed by atoms with Crippen LogP contribution in [0.3, 0.4) is 0 Å². The molecule has 3 aliphatic rings. The van der Waals surface area contributed by atoms with Crippen LogP contribution in [0.5, 0.6) is 5.75 Å². The van der Waals surface area contributed by atoms with Crippen molar-refractivity contribution in [3.05, 3.63) is 29.3 Å². The van der Waals surface area contributed by atoms with Crippen molar-refractivity contribution in [3.8, 4) is 5.75 Å². The maximum Gasteiger partial charge on any atom is 0.122 e. The number of aliphatic hydroxyl groups is 1. The zero-order chi connectivity index (χ0) is 11.5. The number of benzene rings is 1. The largest absolute Gasteiger partial charge is 0.493 e. The van der Waals surface area contributed by atoms with E-state index in [-0.39, 0.29) is 0 Å². The van der Waals surface area contributed by atoms with Crippen LogP contribution in [-0.2, 0) is 12.0 Å². The van der Waals surface area contributed by atoms with Gasteiger partial charge in [0, 0.05) is 6.42 Å². The van der Waals surface area contributed by atoms with E-state index in [9.17, 15) is 5.11 Å². The van der Waals surface area contributed by atoms with Gasteiger partial charge in [0.25, 0.3) is 0 Å². The number of rotatable bonds is 1. The number of hydrogen-bond acceptors (Lipinski definition) is 2. The van der Waals surface area contributed by atoms with Crippen molar-refractivity contribution in [3.63, 3.8) is 0 Å². The molecule has 0 spiro atoms. The average molecular weight is 230 g/mol. The predicted molar refractivity (Wildman–Crippen MR) is 65.0 cm³/mol. The van der Waals surface area contributed by atoms with Gasteiger partial charge in [-0.3, -0.25) is 0 Å². The summed E-state index contributed by atoms with van der Waals surface area (Å²) in [4.78, 5) is 0. The lowest BCUT2D eigenvalue weighted by atomic mass is 10.00. The lowest BCUT2D eigenvalue weighted by Gasteiger charge is -2.12. The Kier molecular flexibility index (Phi) is 1.91. The fraction of sp³-hybridized carbons (Fsp3) is 0.600. The van der Waals surface area contributed by atoms with E-state index in [1.165, 1.54) is 31.2 Å². The van der Waals surface area contributed by atoms with Crippen molar-refractivity contribution in [2.24, 2.45) is 11.8 Å². The Bertz CT molecular complexity index is 454. The summed E-state index contributed by atoms with van der Waals surface area (Å²) in [7, 11) is 0. The van der Waals surface area contributed by atoms with Gasteiger partial charge in [-0.1, -0.05) is 18.9 Å². The normalized spacial score (nSPS) is 38.2. The summed E-state index contributed by atoms with van der Waals surface area (Å²) in [5, 5.41) is 10.9. The summed E-state index contributed by atoms with van der Waals surface area (Å²) >= 11 is 0. The average Bonchev–Trinajstić information content (AvgIpc) is 2.77. The first-order valence-corrected chi connectivity index (χ1v) is 6.79. The van der Waals surface area contributed by atoms with Gasteiger partial charge in [0.1, 0.15) is 5.75 Å². The standard InChI is InChI=1S/C15H18O2/c16-15(12-3-1-2-4-13(12)15)11-5-6-14-10(9-11)7-8-17-14/h5-6,9,12-13,16H,1-4,7-8H2. The van der Waals surface area contributed by atoms with Crippen LogP contribution in [0.15, 0.2) is 18.2 Å². The van der Waals surface area contributed by atoms with Gasteiger partial charge in [0.05, 0.1) is 12.2 Å². The van der Waals surface area contributed by atoms with Crippen LogP contribution in [0.4, 0.5) is 0 Å². The summed E-state index contributed by atoms with van der Waals surface area (Å²) < 4.78 is 5.52. The van der Waals surface area contributed by atoms with Gasteiger partial charge in [-0.15, -0.1) is 0 Å². The van der Waals surface area contributed by atoms with Crippen molar-refractivity contribution in [2.45, 2.75) is 37.7 Å². The zero-order valence-electron chi connectivity index (χ0n) is 9.98. The molecule has 0 radical (unpaired) electrons. The SMILES string of the molecule is OC1(c2ccc3c(c2)CCO3)C2CCCCC21. The van der Waals surface area contributed by atoms with Crippen molar-refractivity contribution in [2.75, 3.05) is 6.61 Å². The Labute approximate surface area is 102 Å². The minimum Gasteiger partial charge on any atom is -0.493 e. The lowest BCUT2D eigenvalue weighted by molar-refractivity contribution is 0.118. The van der Waals surface area contributed by atoms with E-state index in [1.54, 1.807) is 0 Å². The van der Waals surface area contributed by atoms with Crippen LogP contribution in [0, 0.1) is 11.8 Å². The molecule has 1 N–H and O–H groups in total. The molecule has 0 bridgehead atoms. The topological polar surface area (TPSA) is 29.5 Å². The third-order valence-corrected chi connectivity index (χ3v) is 4.94. The van der Waals surface area contributed by atoms with Gasteiger partial charge in [-0.05, 0) is 47.9 Å². The number of fused-ring (bicyclic) bond motifs is 2. The smallest absolute Gasteiger partial charge is 0.122 e. The van der Waals surface area contributed by atoms with E-state index in [0.29, 0.717) is 11.8 Å². The second-order valence-electron chi connectivity index (χ2n) is 5.74. The first kappa shape index (κ1) is 9.95. The molecule has 0 aromatic heterocycles. The van der Waals surface area contributed by atoms with Gasteiger partial charge in [0.2, 0.25) is 0 Å². The van der Waals surface area contributed by atoms with Gasteiger partial charge in [0.15, 0.2) is 0 Å². The molecule has 2 fully saturated rings. The van der Waals surface area contributed by atoms with E-state index in [1.807, 2.05) is 6.07 Å². The molecule has 2 saturated carbocycles. The van der Waals surface area contributed by atoms with Crippen molar-refractivity contribution in [1.29, 1.82) is 0 Å². The first-order valence-electron chi connectivity index (χ1n) is 6.79. The minimum absolute atomic E-state index is 0.506. The molecular weight excluding hydrogens is 212 g/mol. The monoisotopic (exact) mass is 230 g/mol. The molecule has 90 valence electrons. The van der Waals surface area contributed by atoms with Gasteiger partial charge in [-0.2, -0.15) is 0 Å². The number of hydrogen-bond donors (Lipinski definition) is 1. The minimum atomic E-state index is -0.506. The highest BCUT2D eigenvalue weighted by molar-refractivity contribution is 5.44. The van der Waals surface area contributed by atoms with Gasteiger partial charge < -0.3 is 9.84 Å². The van der Waals surface area contributed by atoms with E-state index in [4.69, 9.17) is 4.74 Å². The summed E-state index contributed by atoms with van der Waals surface area (Å²) in [6.45, 7) is 0.796. The fourth-order valence-electron chi connectivity index (χ4n) is 3.96. The fourth-order valence-corrected chi connectivity index (χ4v) is 3.96. The summed E-state index contributed by atoms with van der Waals surface area (Å²) in [5.41, 5.74) is 1.91. The molecule has 2 aliphatic carbocycles. The first-order chi connectivity index (χ1) is 8.30. The van der Waals surface area contributed by atoms with E-state index in [2.05, 4.69) is 12.1 Å². The Morgan fingerprint density at radius 2 is 1.94 bits per heavy atom. The van der Waals surface area contributed by atoms with Crippen LogP contribution in [0.2, 0.25) is 0 Å². The molecule has 17 heavy (non-hydrogen) atoms. The maximum absolute atomic E-state index is 10.9. The Morgan fingerprint density at radius 3 is 2.71 bits per heavy atom. The van der Waals surface area contributed by atoms with Crippen LogP contribution in [0.25, 0.3) is 0 Å². The molecule has 1 aliphatic heterocycles. The van der Waals surface area contributed by atoms with Crippen molar-refractivity contribution < 1.29 is 9.84 Å². The molecule has 4 rings (SSSR count). The second kappa shape index (κ2) is 3.26. The van der Waals surface area contributed by atoms with Gasteiger partial charge >= 0.3 is 0 Å². The Balaban J connectivity index is 1.71. The Hall–Kier alpha value is -1.02. The molecule has 2 nitrogen and oxygen atoms in total. The molecule has 1 aromatic carbocycles. The van der Waals surface area contributed by atoms with Crippen LogP contribution in [0.1, 0.15) is 36.8 Å². The molecule has 1 heterocycles. The highest BCUT2D eigenvalue weighted by Crippen LogP contribution is 2.64. The third-order valence-electron chi connectivity index (χ3n) is 4.94. The molecule has 2 atom stereocenters. The van der Waals surface area contributed by atoms with E-state index < -0.39 is 5.60 Å². The molecular formula is C15H18O2. The van der Waals surface area contributed by atoms with Crippen LogP contribution >= 0.6 is 0 Å². The highest BCUT2D eigenvalue weighted by atomic mass is 16.5. The van der Waals surface area contributed by atoms with Crippen molar-refractivity contribution >= 4 is 0 Å². The third kappa shape index (κ3) is 1.25. The molecule has 2 unspecified atom stereocenters. The summed E-state index contributed by atoms with van der Waals surface area (Å²) in [5.74, 6) is 2.06. The van der Waals surface area contributed by atoms with Crippen molar-refractivity contribution in [1.82, 2.24) is 0 Å². The number of ether oxygens (including phenoxy) is 1. The molecule has 1 aromatic rings. The lowest BCUT2D eigenvalue weighted by Crippen LogP contribution is -2.10. The zero-order valence-corrected chi connectivity index (χ0v) is 9.98. The molecule has 2 heteroatoms. The molecule has 0 saturated heterocycles. The quantitative estimate of drug-likeness (QED) is 0.803. The highest BCUT2D eigenvalue weighted by Gasteiger charge is 2.64. The van der Waals surface area contributed by atoms with Gasteiger partial charge in [-0.25, -0.2) is 0 Å². The molecule has 0 amide bonds. The van der Waals surface area contributed by atoms with Crippen LogP contribution in [-0.4, -0.2) is 11.7 Å². The maximum atomic E-state index is 10.9. The van der Waals surface area contributed by atoms with Crippen LogP contribution < -0.4 is 4.74 Å². The second-order valence-corrected chi connectivity index (χ2v) is 5.74.